The second-order valence-electron chi connectivity index (χ2n) is 3.30. The number of aliphatic hydroxyl groups is 2. The van der Waals surface area contributed by atoms with Crippen molar-refractivity contribution in [2.75, 3.05) is 13.6 Å². The third-order valence-electron chi connectivity index (χ3n) is 2.15. The molecule has 3 N–H and O–H groups in total. The number of nitrogens with one attached hydrogen (secondary N) is 1. The molecule has 1 heterocycles. The van der Waals surface area contributed by atoms with E-state index in [1.54, 1.807) is 18.5 Å². The normalized spacial score (nSPS) is 14.9. The summed E-state index contributed by atoms with van der Waals surface area (Å²) in [4.78, 5) is 11.0. The second kappa shape index (κ2) is 5.97. The molecule has 0 fully saturated rings. The van der Waals surface area contributed by atoms with Crippen molar-refractivity contribution in [3.05, 3.63) is 21.9 Å². The molecular weight excluding hydrogens is 214 g/mol. The lowest BCUT2D eigenvalue weighted by atomic mass is 10.1. The minimum absolute atomic E-state index is 0.476. The molecule has 2 unspecified atom stereocenters. The van der Waals surface area contributed by atoms with Gasteiger partial charge in [-0.25, -0.2) is 0 Å². The maximum atomic E-state index is 10.4. The first-order valence-electron chi connectivity index (χ1n) is 4.73. The molecule has 0 aliphatic rings. The molecule has 84 valence electrons. The highest BCUT2D eigenvalue weighted by Crippen LogP contribution is 2.23. The van der Waals surface area contributed by atoms with E-state index in [9.17, 15) is 15.0 Å². The van der Waals surface area contributed by atoms with Gasteiger partial charge < -0.3 is 15.5 Å². The fraction of sp³-hybridized carbons (Fsp3) is 0.500. The quantitative estimate of drug-likeness (QED) is 0.624. The van der Waals surface area contributed by atoms with E-state index in [0.717, 1.165) is 6.29 Å². The molecule has 0 aromatic carbocycles. The van der Waals surface area contributed by atoms with Gasteiger partial charge in [-0.05, 0) is 37.0 Å². The van der Waals surface area contributed by atoms with E-state index >= 15 is 0 Å². The van der Waals surface area contributed by atoms with Crippen LogP contribution in [0.3, 0.4) is 0 Å². The lowest BCUT2D eigenvalue weighted by Crippen LogP contribution is -2.22. The Kier molecular flexibility index (Phi) is 4.90. The molecular formula is C10H15NO3S. The minimum atomic E-state index is -0.914. The van der Waals surface area contributed by atoms with Crippen LogP contribution in [-0.4, -0.2) is 36.2 Å². The number of hydrogen-bond donors (Lipinski definition) is 3. The van der Waals surface area contributed by atoms with Gasteiger partial charge in [0.25, 0.3) is 0 Å². The molecule has 15 heavy (non-hydrogen) atoms. The van der Waals surface area contributed by atoms with Gasteiger partial charge in [-0.15, -0.1) is 11.3 Å². The van der Waals surface area contributed by atoms with Crippen molar-refractivity contribution >= 4 is 17.6 Å². The van der Waals surface area contributed by atoms with Gasteiger partial charge in [0.1, 0.15) is 6.10 Å². The lowest BCUT2D eigenvalue weighted by molar-refractivity contribution is 0.0142. The Morgan fingerprint density at radius 2 is 2.33 bits per heavy atom. The third-order valence-corrected chi connectivity index (χ3v) is 3.03. The van der Waals surface area contributed by atoms with Gasteiger partial charge in [0, 0.05) is 0 Å². The fourth-order valence-corrected chi connectivity index (χ4v) is 2.00. The number of carbonyl (C=O) groups excluding carboxylic acids is 1. The van der Waals surface area contributed by atoms with Gasteiger partial charge in [0.2, 0.25) is 0 Å². The van der Waals surface area contributed by atoms with E-state index in [4.69, 9.17) is 0 Å². The molecule has 0 saturated heterocycles. The highest BCUT2D eigenvalue weighted by atomic mass is 32.1. The lowest BCUT2D eigenvalue weighted by Gasteiger charge is -2.16. The Hall–Kier alpha value is -0.750. The van der Waals surface area contributed by atoms with E-state index in [2.05, 4.69) is 5.32 Å². The molecule has 2 atom stereocenters. The van der Waals surface area contributed by atoms with Crippen LogP contribution >= 0.6 is 11.3 Å². The summed E-state index contributed by atoms with van der Waals surface area (Å²) >= 11 is 1.26. The van der Waals surface area contributed by atoms with Gasteiger partial charge in [0.15, 0.2) is 6.29 Å². The number of carbonyl (C=O) groups is 1. The summed E-state index contributed by atoms with van der Waals surface area (Å²) in [7, 11) is 1.79. The summed E-state index contributed by atoms with van der Waals surface area (Å²) in [5, 5.41) is 23.9. The maximum absolute atomic E-state index is 10.4. The third kappa shape index (κ3) is 3.39. The van der Waals surface area contributed by atoms with Gasteiger partial charge in [-0.3, -0.25) is 4.79 Å². The Morgan fingerprint density at radius 3 is 2.87 bits per heavy atom. The maximum Gasteiger partial charge on any atom is 0.160 e. The molecule has 4 nitrogen and oxygen atoms in total. The molecule has 0 spiro atoms. The van der Waals surface area contributed by atoms with Gasteiger partial charge >= 0.3 is 0 Å². The van der Waals surface area contributed by atoms with Gasteiger partial charge in [0.05, 0.1) is 11.0 Å². The molecule has 0 aliphatic carbocycles. The molecule has 1 aromatic heterocycles. The summed E-state index contributed by atoms with van der Waals surface area (Å²) in [6.45, 7) is 0.642. The van der Waals surface area contributed by atoms with E-state index in [1.165, 1.54) is 11.3 Å². The predicted octanol–water partition coefficient (Wildman–Crippen LogP) is 0.564. The summed E-state index contributed by atoms with van der Waals surface area (Å²) < 4.78 is 0. The number of rotatable bonds is 6. The van der Waals surface area contributed by atoms with Crippen molar-refractivity contribution in [3.8, 4) is 0 Å². The number of aldehydes is 1. The standard InChI is InChI=1S/C10H15NO3S/c1-11-3-2-9(13)10(14)7-4-8(5-12)15-6-7/h4-6,9-11,13-14H,2-3H2,1H3. The molecule has 5 heteroatoms. The van der Waals surface area contributed by atoms with Gasteiger partial charge in [-0.1, -0.05) is 0 Å². The molecule has 0 radical (unpaired) electrons. The molecule has 0 aliphatic heterocycles. The number of thiophene rings is 1. The predicted molar refractivity (Wildman–Crippen MR) is 59.2 cm³/mol. The van der Waals surface area contributed by atoms with E-state index in [-0.39, 0.29) is 0 Å². The van der Waals surface area contributed by atoms with Crippen LogP contribution in [0.15, 0.2) is 11.4 Å². The zero-order valence-electron chi connectivity index (χ0n) is 8.51. The highest BCUT2D eigenvalue weighted by molar-refractivity contribution is 7.11. The molecule has 1 rings (SSSR count). The first-order chi connectivity index (χ1) is 7.19. The molecule has 0 amide bonds. The highest BCUT2D eigenvalue weighted by Gasteiger charge is 2.18. The van der Waals surface area contributed by atoms with E-state index in [1.807, 2.05) is 0 Å². The molecule has 1 aromatic rings. The summed E-state index contributed by atoms with van der Waals surface area (Å²) in [5.74, 6) is 0. The van der Waals surface area contributed by atoms with Gasteiger partial charge in [-0.2, -0.15) is 0 Å². The van der Waals surface area contributed by atoms with Crippen LogP contribution in [-0.2, 0) is 0 Å². The summed E-state index contributed by atoms with van der Waals surface area (Å²) in [6, 6.07) is 1.60. The Balaban J connectivity index is 2.58. The fourth-order valence-electron chi connectivity index (χ4n) is 1.26. The first kappa shape index (κ1) is 12.3. The average Bonchev–Trinajstić information content (AvgIpc) is 2.73. The second-order valence-corrected chi connectivity index (χ2v) is 4.25. The minimum Gasteiger partial charge on any atom is -0.390 e. The monoisotopic (exact) mass is 229 g/mol. The van der Waals surface area contributed by atoms with Crippen LogP contribution in [0.5, 0.6) is 0 Å². The van der Waals surface area contributed by atoms with Crippen LogP contribution in [0.2, 0.25) is 0 Å². The Bertz CT molecular complexity index is 313. The largest absolute Gasteiger partial charge is 0.390 e. The van der Waals surface area contributed by atoms with Crippen molar-refractivity contribution in [2.24, 2.45) is 0 Å². The van der Waals surface area contributed by atoms with Crippen LogP contribution in [0.25, 0.3) is 0 Å². The SMILES string of the molecule is CNCCC(O)C(O)c1csc(C=O)c1. The summed E-state index contributed by atoms with van der Waals surface area (Å²) in [6.07, 6.45) is -0.500. The van der Waals surface area contributed by atoms with Crippen LogP contribution < -0.4 is 5.32 Å². The van der Waals surface area contributed by atoms with E-state index < -0.39 is 12.2 Å². The molecule has 0 bridgehead atoms. The topological polar surface area (TPSA) is 69.6 Å². The zero-order valence-corrected chi connectivity index (χ0v) is 9.33. The van der Waals surface area contributed by atoms with Crippen LogP contribution in [0, 0.1) is 0 Å². The Labute approximate surface area is 92.6 Å². The average molecular weight is 229 g/mol. The number of aliphatic hydroxyl groups excluding tert-OH is 2. The number of hydrogen-bond acceptors (Lipinski definition) is 5. The first-order valence-corrected chi connectivity index (χ1v) is 5.61. The van der Waals surface area contributed by atoms with Crippen LogP contribution in [0.4, 0.5) is 0 Å². The van der Waals surface area contributed by atoms with Crippen molar-refractivity contribution < 1.29 is 15.0 Å². The molecule has 0 saturated carbocycles. The van der Waals surface area contributed by atoms with Crippen molar-refractivity contribution in [1.29, 1.82) is 0 Å². The smallest absolute Gasteiger partial charge is 0.160 e. The Morgan fingerprint density at radius 1 is 1.60 bits per heavy atom. The zero-order chi connectivity index (χ0) is 11.3. The van der Waals surface area contributed by atoms with E-state index in [0.29, 0.717) is 23.4 Å². The summed E-state index contributed by atoms with van der Waals surface area (Å²) in [5.41, 5.74) is 0.603. The van der Waals surface area contributed by atoms with Crippen LogP contribution in [0.1, 0.15) is 27.8 Å². The van der Waals surface area contributed by atoms with Crippen molar-refractivity contribution in [1.82, 2.24) is 5.32 Å². The van der Waals surface area contributed by atoms with Crippen molar-refractivity contribution in [2.45, 2.75) is 18.6 Å². The van der Waals surface area contributed by atoms with Crippen molar-refractivity contribution in [3.63, 3.8) is 0 Å².